The van der Waals surface area contributed by atoms with Gasteiger partial charge in [-0.1, -0.05) is 11.6 Å². The van der Waals surface area contributed by atoms with Crippen molar-refractivity contribution in [2.75, 3.05) is 13.1 Å². The number of H-pyrrole nitrogens is 1. The number of fused-ring (bicyclic) bond motifs is 1. The fourth-order valence-corrected chi connectivity index (χ4v) is 5.16. The lowest BCUT2D eigenvalue weighted by Crippen LogP contribution is -2.32. The van der Waals surface area contributed by atoms with Gasteiger partial charge in [0.25, 0.3) is 0 Å². The molecule has 25 heavy (non-hydrogen) atoms. The smallest absolute Gasteiger partial charge is 0.245 e. The highest BCUT2D eigenvalue weighted by Gasteiger charge is 2.40. The third kappa shape index (κ3) is 2.63. The first kappa shape index (κ1) is 16.5. The molecule has 1 saturated heterocycles. The molecule has 0 saturated carbocycles. The lowest BCUT2D eigenvalue weighted by Gasteiger charge is -2.16. The maximum atomic E-state index is 13.1. The van der Waals surface area contributed by atoms with E-state index in [1.807, 2.05) is 13.1 Å². The Labute approximate surface area is 149 Å². The minimum Gasteiger partial charge on any atom is -0.345 e. The van der Waals surface area contributed by atoms with Crippen molar-refractivity contribution in [2.24, 2.45) is 12.8 Å². The molecule has 1 aliphatic rings. The van der Waals surface area contributed by atoms with Crippen LogP contribution in [0.4, 0.5) is 0 Å². The van der Waals surface area contributed by atoms with Crippen LogP contribution in [0.1, 0.15) is 11.6 Å². The third-order valence-corrected chi connectivity index (χ3v) is 6.73. The second-order valence-corrected chi connectivity index (χ2v) is 8.52. The molecule has 0 amide bonds. The van der Waals surface area contributed by atoms with Gasteiger partial charge in [-0.15, -0.1) is 0 Å². The van der Waals surface area contributed by atoms with Crippen LogP contribution in [0.5, 0.6) is 0 Å². The van der Waals surface area contributed by atoms with E-state index in [0.717, 1.165) is 5.69 Å². The van der Waals surface area contributed by atoms with E-state index in [2.05, 4.69) is 15.1 Å². The van der Waals surface area contributed by atoms with Crippen molar-refractivity contribution >= 4 is 32.7 Å². The first-order valence-electron chi connectivity index (χ1n) is 7.74. The maximum Gasteiger partial charge on any atom is 0.245 e. The van der Waals surface area contributed by atoms with Gasteiger partial charge in [-0.3, -0.25) is 4.68 Å². The summed E-state index contributed by atoms with van der Waals surface area (Å²) in [5, 5.41) is 5.01. The Morgan fingerprint density at radius 3 is 2.92 bits per heavy atom. The average molecular weight is 381 g/mol. The van der Waals surface area contributed by atoms with Crippen LogP contribution in [-0.2, 0) is 17.1 Å². The Kier molecular flexibility index (Phi) is 3.84. The van der Waals surface area contributed by atoms with E-state index >= 15 is 0 Å². The van der Waals surface area contributed by atoms with Crippen molar-refractivity contribution in [2.45, 2.75) is 16.9 Å². The molecule has 1 fully saturated rings. The highest BCUT2D eigenvalue weighted by Crippen LogP contribution is 2.33. The number of aryl methyl sites for hydroxylation is 1. The molecule has 3 N–H and O–H groups in total. The van der Waals surface area contributed by atoms with E-state index in [1.54, 1.807) is 16.9 Å². The van der Waals surface area contributed by atoms with Gasteiger partial charge in [0, 0.05) is 61.8 Å². The molecular formula is C15H17ClN6O2S. The number of rotatable bonds is 3. The number of nitrogens with two attached hydrogens (primary N) is 1. The van der Waals surface area contributed by atoms with E-state index in [0.29, 0.717) is 22.6 Å². The van der Waals surface area contributed by atoms with Gasteiger partial charge in [0.1, 0.15) is 10.5 Å². The summed E-state index contributed by atoms with van der Waals surface area (Å²) in [6.07, 6.45) is 4.61. The molecule has 0 bridgehead atoms. The number of halogens is 1. The van der Waals surface area contributed by atoms with Gasteiger partial charge in [0.2, 0.25) is 10.0 Å². The monoisotopic (exact) mass is 380 g/mol. The van der Waals surface area contributed by atoms with Gasteiger partial charge in [-0.05, 0) is 12.1 Å². The predicted molar refractivity (Wildman–Crippen MR) is 93.8 cm³/mol. The first-order valence-corrected chi connectivity index (χ1v) is 9.56. The molecule has 3 aromatic heterocycles. The zero-order valence-corrected chi connectivity index (χ0v) is 15.0. The minimum absolute atomic E-state index is 0.103. The van der Waals surface area contributed by atoms with Crippen molar-refractivity contribution in [3.05, 3.63) is 41.4 Å². The van der Waals surface area contributed by atoms with Crippen molar-refractivity contribution in [3.8, 4) is 0 Å². The summed E-state index contributed by atoms with van der Waals surface area (Å²) in [7, 11) is -1.89. The standard InChI is InChI=1S/C15H17ClN6O2S/c1-21-13(2-3-20-21)11-7-22(8-12(11)17)25(23,24)14-6-19-15-10(14)4-9(16)5-18-15/h2-6,11-12H,7-8,17H2,1H3,(H,18,19)/t11-,12-/m1/s1. The third-order valence-electron chi connectivity index (χ3n) is 4.65. The Balaban J connectivity index is 1.71. The normalized spacial score (nSPS) is 22.0. The highest BCUT2D eigenvalue weighted by atomic mass is 35.5. The topological polar surface area (TPSA) is 110 Å². The number of hydrogen-bond donors (Lipinski definition) is 2. The molecule has 0 spiro atoms. The fourth-order valence-electron chi connectivity index (χ4n) is 3.35. The summed E-state index contributed by atoms with van der Waals surface area (Å²) in [6.45, 7) is 0.558. The van der Waals surface area contributed by atoms with E-state index in [9.17, 15) is 8.42 Å². The van der Waals surface area contributed by atoms with Crippen molar-refractivity contribution in [3.63, 3.8) is 0 Å². The predicted octanol–water partition coefficient (Wildman–Crippen LogP) is 1.07. The van der Waals surface area contributed by atoms with Gasteiger partial charge >= 0.3 is 0 Å². The molecule has 8 nitrogen and oxygen atoms in total. The van der Waals surface area contributed by atoms with Crippen LogP contribution in [0.2, 0.25) is 5.02 Å². The van der Waals surface area contributed by atoms with E-state index in [1.165, 1.54) is 16.7 Å². The summed E-state index contributed by atoms with van der Waals surface area (Å²) in [6, 6.07) is 3.18. The molecule has 4 rings (SSSR count). The molecule has 0 radical (unpaired) electrons. The van der Waals surface area contributed by atoms with Crippen LogP contribution in [0, 0.1) is 0 Å². The Morgan fingerprint density at radius 2 is 2.20 bits per heavy atom. The summed E-state index contributed by atoms with van der Waals surface area (Å²) < 4.78 is 29.4. The molecule has 2 atom stereocenters. The van der Waals surface area contributed by atoms with E-state index in [-0.39, 0.29) is 23.4 Å². The first-order chi connectivity index (χ1) is 11.9. The van der Waals surface area contributed by atoms with Crippen LogP contribution in [-0.4, -0.2) is 51.6 Å². The summed E-state index contributed by atoms with van der Waals surface area (Å²) in [5.74, 6) is -0.103. The van der Waals surface area contributed by atoms with Crippen molar-refractivity contribution < 1.29 is 8.42 Å². The SMILES string of the molecule is Cn1nccc1[C@@H]1CN(S(=O)(=O)c2c[nH]c3ncc(Cl)cc23)C[C@H]1N. The van der Waals surface area contributed by atoms with Crippen LogP contribution >= 0.6 is 11.6 Å². The number of nitrogens with zero attached hydrogens (tertiary/aromatic N) is 4. The molecular weight excluding hydrogens is 364 g/mol. The Bertz CT molecular complexity index is 1040. The lowest BCUT2D eigenvalue weighted by atomic mass is 10.0. The van der Waals surface area contributed by atoms with Gasteiger partial charge in [0.15, 0.2) is 0 Å². The summed E-state index contributed by atoms with van der Waals surface area (Å²) in [4.78, 5) is 7.16. The number of aromatic nitrogens is 4. The second kappa shape index (κ2) is 5.80. The van der Waals surface area contributed by atoms with Gasteiger partial charge in [-0.25, -0.2) is 13.4 Å². The number of sulfonamides is 1. The van der Waals surface area contributed by atoms with Gasteiger partial charge in [0.05, 0.1) is 5.02 Å². The minimum atomic E-state index is -3.71. The summed E-state index contributed by atoms with van der Waals surface area (Å²) in [5.41, 5.74) is 7.63. The Hall–Kier alpha value is -1.94. The van der Waals surface area contributed by atoms with E-state index < -0.39 is 10.0 Å². The molecule has 0 aliphatic carbocycles. The highest BCUT2D eigenvalue weighted by molar-refractivity contribution is 7.89. The molecule has 1 aliphatic heterocycles. The number of hydrogen-bond acceptors (Lipinski definition) is 5. The second-order valence-electron chi connectivity index (χ2n) is 6.17. The molecule has 0 unspecified atom stereocenters. The van der Waals surface area contributed by atoms with E-state index in [4.69, 9.17) is 17.3 Å². The van der Waals surface area contributed by atoms with Crippen LogP contribution < -0.4 is 5.73 Å². The molecule has 0 aromatic carbocycles. The summed E-state index contributed by atoms with van der Waals surface area (Å²) >= 11 is 5.97. The van der Waals surface area contributed by atoms with Crippen molar-refractivity contribution in [1.29, 1.82) is 0 Å². The average Bonchev–Trinajstić information content (AvgIpc) is 3.25. The molecule has 4 heterocycles. The van der Waals surface area contributed by atoms with Gasteiger partial charge in [-0.2, -0.15) is 9.40 Å². The molecule has 10 heteroatoms. The quantitative estimate of drug-likeness (QED) is 0.706. The fraction of sp³-hybridized carbons (Fsp3) is 0.333. The zero-order valence-electron chi connectivity index (χ0n) is 13.4. The molecule has 3 aromatic rings. The van der Waals surface area contributed by atoms with Gasteiger partial charge < -0.3 is 10.7 Å². The molecule has 132 valence electrons. The Morgan fingerprint density at radius 1 is 1.40 bits per heavy atom. The number of pyridine rings is 1. The number of aromatic amines is 1. The van der Waals surface area contributed by atoms with Crippen LogP contribution in [0.15, 0.2) is 35.6 Å². The number of nitrogens with one attached hydrogen (secondary N) is 1. The largest absolute Gasteiger partial charge is 0.345 e. The van der Waals surface area contributed by atoms with Crippen LogP contribution in [0.3, 0.4) is 0 Å². The zero-order chi connectivity index (χ0) is 17.8. The lowest BCUT2D eigenvalue weighted by molar-refractivity contribution is 0.469. The van der Waals surface area contributed by atoms with Crippen LogP contribution in [0.25, 0.3) is 11.0 Å². The van der Waals surface area contributed by atoms with Crippen molar-refractivity contribution in [1.82, 2.24) is 24.1 Å². The maximum absolute atomic E-state index is 13.1.